The minimum Gasteiger partial charge on any atom is -0.490 e. The molecule has 1 saturated carbocycles. The average molecular weight is 376 g/mol. The van der Waals surface area contributed by atoms with Crippen molar-refractivity contribution in [2.75, 3.05) is 0 Å². The number of fused-ring (bicyclic) bond motifs is 1. The van der Waals surface area contributed by atoms with Gasteiger partial charge in [-0.15, -0.1) is 4.91 Å². The largest absolute Gasteiger partial charge is 0.490 e. The molecule has 0 amide bonds. The number of ether oxygens (including phenoxy) is 1. The van der Waals surface area contributed by atoms with E-state index in [1.807, 2.05) is 0 Å². The number of nitroso groups, excluding NO2 is 1. The number of aliphatic imine (C=N–C) groups is 1. The number of nitrogens with two attached hydrogens (primary N) is 1. The van der Waals surface area contributed by atoms with E-state index in [0.29, 0.717) is 32.6 Å². The smallest absolute Gasteiger partial charge is 0.215 e. The maximum Gasteiger partial charge on any atom is 0.215 e. The fourth-order valence-corrected chi connectivity index (χ4v) is 3.57. The van der Waals surface area contributed by atoms with Crippen LogP contribution in [0, 0.1) is 4.91 Å². The number of amidine groups is 1. The summed E-state index contributed by atoms with van der Waals surface area (Å²) in [6.07, 6.45) is 3.22. The van der Waals surface area contributed by atoms with Crippen LogP contribution in [0.2, 0.25) is 10.0 Å². The highest BCUT2D eigenvalue weighted by Gasteiger charge is 2.48. The van der Waals surface area contributed by atoms with E-state index in [0.717, 1.165) is 19.3 Å². The van der Waals surface area contributed by atoms with Crippen LogP contribution >= 0.6 is 23.2 Å². The molecule has 128 valence electrons. The Bertz CT molecular complexity index is 896. The normalized spacial score (nSPS) is 22.1. The van der Waals surface area contributed by atoms with Gasteiger partial charge in [-0.1, -0.05) is 23.2 Å². The van der Waals surface area contributed by atoms with Crippen LogP contribution in [0.15, 0.2) is 46.6 Å². The summed E-state index contributed by atoms with van der Waals surface area (Å²) in [5.74, 6) is 0.625. The van der Waals surface area contributed by atoms with Crippen LogP contribution in [-0.4, -0.2) is 11.9 Å². The predicted octanol–water partition coefficient (Wildman–Crippen LogP) is 4.94. The predicted molar refractivity (Wildman–Crippen MR) is 99.0 cm³/mol. The number of benzene rings is 2. The Hall–Kier alpha value is -2.11. The van der Waals surface area contributed by atoms with Crippen LogP contribution in [0.25, 0.3) is 0 Å². The lowest BCUT2D eigenvalue weighted by Crippen LogP contribution is -2.38. The second-order valence-corrected chi connectivity index (χ2v) is 7.14. The Morgan fingerprint density at radius 3 is 2.44 bits per heavy atom. The van der Waals surface area contributed by atoms with Crippen molar-refractivity contribution >= 4 is 34.7 Å². The van der Waals surface area contributed by atoms with Gasteiger partial charge in [-0.2, -0.15) is 0 Å². The molecule has 1 heterocycles. The second kappa shape index (κ2) is 6.00. The zero-order chi connectivity index (χ0) is 17.6. The molecule has 25 heavy (non-hydrogen) atoms. The summed E-state index contributed by atoms with van der Waals surface area (Å²) in [4.78, 5) is 16.4. The standard InChI is InChI=1S/C18H15Cl2N3O2/c19-10-4-6-15-13(8-10)18(23-24,17(21)22-15)14-9-11(20)5-7-16(14)25-12-2-1-3-12/h4-9,12H,1-3H2,(H2,21,22). The van der Waals surface area contributed by atoms with Gasteiger partial charge in [0.15, 0.2) is 0 Å². The van der Waals surface area contributed by atoms with E-state index in [1.54, 1.807) is 36.4 Å². The first-order valence-corrected chi connectivity index (χ1v) is 8.76. The van der Waals surface area contributed by atoms with Crippen molar-refractivity contribution in [1.29, 1.82) is 0 Å². The minimum absolute atomic E-state index is 0.0838. The molecule has 1 aliphatic carbocycles. The van der Waals surface area contributed by atoms with Crippen molar-refractivity contribution in [3.63, 3.8) is 0 Å². The van der Waals surface area contributed by atoms with E-state index in [1.165, 1.54) is 0 Å². The first kappa shape index (κ1) is 16.4. The van der Waals surface area contributed by atoms with E-state index in [2.05, 4.69) is 10.2 Å². The fraction of sp³-hybridized carbons (Fsp3) is 0.278. The van der Waals surface area contributed by atoms with Gasteiger partial charge in [-0.05, 0) is 60.8 Å². The van der Waals surface area contributed by atoms with E-state index in [9.17, 15) is 4.91 Å². The molecule has 0 aromatic heterocycles. The Morgan fingerprint density at radius 2 is 1.80 bits per heavy atom. The molecule has 4 rings (SSSR count). The molecule has 0 spiro atoms. The van der Waals surface area contributed by atoms with Gasteiger partial charge >= 0.3 is 0 Å². The van der Waals surface area contributed by atoms with Crippen LogP contribution in [0.5, 0.6) is 5.75 Å². The van der Waals surface area contributed by atoms with Crippen LogP contribution < -0.4 is 10.5 Å². The third kappa shape index (κ3) is 2.50. The SMILES string of the molecule is NC1=Nc2ccc(Cl)cc2C1(N=O)c1cc(Cl)ccc1OC1CCC1. The summed E-state index contributed by atoms with van der Waals surface area (Å²) in [5, 5.41) is 4.34. The van der Waals surface area contributed by atoms with E-state index in [-0.39, 0.29) is 11.9 Å². The number of rotatable bonds is 4. The van der Waals surface area contributed by atoms with E-state index in [4.69, 9.17) is 33.7 Å². The quantitative estimate of drug-likeness (QED) is 0.768. The molecule has 0 radical (unpaired) electrons. The van der Waals surface area contributed by atoms with Crippen molar-refractivity contribution in [3.05, 3.63) is 62.5 Å². The lowest BCUT2D eigenvalue weighted by Gasteiger charge is -2.31. The number of nitrogens with zero attached hydrogens (tertiary/aromatic N) is 2. The van der Waals surface area contributed by atoms with Gasteiger partial charge in [0, 0.05) is 21.2 Å². The summed E-state index contributed by atoms with van der Waals surface area (Å²) in [6.45, 7) is 0. The van der Waals surface area contributed by atoms with Crippen molar-refractivity contribution < 1.29 is 4.74 Å². The summed E-state index contributed by atoms with van der Waals surface area (Å²) in [7, 11) is 0. The maximum absolute atomic E-state index is 12.1. The number of halogens is 2. The van der Waals surface area contributed by atoms with Gasteiger partial charge in [-0.3, -0.25) is 0 Å². The zero-order valence-corrected chi connectivity index (χ0v) is 14.7. The first-order valence-electron chi connectivity index (χ1n) is 8.00. The summed E-state index contributed by atoms with van der Waals surface area (Å²) < 4.78 is 6.07. The molecule has 2 aromatic rings. The Labute approximate surface area is 154 Å². The minimum atomic E-state index is -1.50. The summed E-state index contributed by atoms with van der Waals surface area (Å²) in [5.41, 5.74) is 6.26. The molecular formula is C18H15Cl2N3O2. The highest BCUT2D eigenvalue weighted by atomic mass is 35.5. The van der Waals surface area contributed by atoms with Gasteiger partial charge in [-0.25, -0.2) is 4.99 Å². The molecule has 1 atom stereocenters. The first-order chi connectivity index (χ1) is 12.0. The third-order valence-corrected chi connectivity index (χ3v) is 5.24. The van der Waals surface area contributed by atoms with Gasteiger partial charge in [0.2, 0.25) is 5.54 Å². The van der Waals surface area contributed by atoms with E-state index >= 15 is 0 Å². The van der Waals surface area contributed by atoms with Crippen molar-refractivity contribution in [2.45, 2.75) is 30.9 Å². The molecule has 2 N–H and O–H groups in total. The van der Waals surface area contributed by atoms with Crippen molar-refractivity contribution in [1.82, 2.24) is 0 Å². The Balaban J connectivity index is 1.93. The molecule has 0 bridgehead atoms. The number of hydrogen-bond donors (Lipinski definition) is 1. The summed E-state index contributed by atoms with van der Waals surface area (Å²) in [6, 6.07) is 10.2. The zero-order valence-electron chi connectivity index (χ0n) is 13.2. The molecule has 0 saturated heterocycles. The fourth-order valence-electron chi connectivity index (χ4n) is 3.23. The average Bonchev–Trinajstić information content (AvgIpc) is 2.83. The monoisotopic (exact) mass is 375 g/mol. The third-order valence-electron chi connectivity index (χ3n) is 4.77. The molecule has 2 aliphatic rings. The Morgan fingerprint density at radius 1 is 1.12 bits per heavy atom. The molecule has 2 aromatic carbocycles. The highest BCUT2D eigenvalue weighted by molar-refractivity contribution is 6.31. The topological polar surface area (TPSA) is 77.0 Å². The lowest BCUT2D eigenvalue weighted by molar-refractivity contribution is 0.118. The maximum atomic E-state index is 12.1. The van der Waals surface area contributed by atoms with Gasteiger partial charge in [0.05, 0.1) is 11.8 Å². The second-order valence-electron chi connectivity index (χ2n) is 6.27. The summed E-state index contributed by atoms with van der Waals surface area (Å²) >= 11 is 12.3. The number of hydrogen-bond acceptors (Lipinski definition) is 5. The van der Waals surface area contributed by atoms with Crippen molar-refractivity contribution in [2.24, 2.45) is 15.9 Å². The molecule has 1 fully saturated rings. The van der Waals surface area contributed by atoms with Gasteiger partial charge in [0.25, 0.3) is 0 Å². The highest BCUT2D eigenvalue weighted by Crippen LogP contribution is 2.49. The van der Waals surface area contributed by atoms with Gasteiger partial charge in [0.1, 0.15) is 11.6 Å². The van der Waals surface area contributed by atoms with Crippen molar-refractivity contribution in [3.8, 4) is 5.75 Å². The molecular weight excluding hydrogens is 361 g/mol. The molecule has 1 aliphatic heterocycles. The van der Waals surface area contributed by atoms with Crippen LogP contribution in [0.1, 0.15) is 30.4 Å². The van der Waals surface area contributed by atoms with Gasteiger partial charge < -0.3 is 10.5 Å². The van der Waals surface area contributed by atoms with Crippen LogP contribution in [-0.2, 0) is 5.54 Å². The van der Waals surface area contributed by atoms with E-state index < -0.39 is 5.54 Å². The molecule has 5 nitrogen and oxygen atoms in total. The molecule has 1 unspecified atom stereocenters. The lowest BCUT2D eigenvalue weighted by atomic mass is 9.83. The van der Waals surface area contributed by atoms with Crippen LogP contribution in [0.3, 0.4) is 0 Å². The molecule has 7 heteroatoms. The Kier molecular flexibility index (Phi) is 3.93. The van der Waals surface area contributed by atoms with Crippen LogP contribution in [0.4, 0.5) is 5.69 Å².